The van der Waals surface area contributed by atoms with Gasteiger partial charge in [-0.2, -0.15) is 0 Å². The number of nitrogens with zero attached hydrogens (tertiary/aromatic N) is 2. The fourth-order valence-electron chi connectivity index (χ4n) is 4.41. The van der Waals surface area contributed by atoms with E-state index in [4.69, 9.17) is 9.47 Å². The molecule has 2 amide bonds. The first-order chi connectivity index (χ1) is 14.6. The van der Waals surface area contributed by atoms with Gasteiger partial charge in [0.1, 0.15) is 0 Å². The number of rotatable bonds is 5. The maximum absolute atomic E-state index is 12.7. The van der Waals surface area contributed by atoms with Crippen LogP contribution in [0.25, 0.3) is 0 Å². The van der Waals surface area contributed by atoms with Crippen molar-refractivity contribution in [1.82, 2.24) is 25.5 Å². The molecule has 1 fully saturated rings. The number of aromatic nitrogens is 2. The summed E-state index contributed by atoms with van der Waals surface area (Å²) in [7, 11) is 2.99. The third kappa shape index (κ3) is 3.60. The van der Waals surface area contributed by atoms with E-state index >= 15 is 0 Å². The molecule has 2 aromatic rings. The summed E-state index contributed by atoms with van der Waals surface area (Å²) >= 11 is 0. The van der Waals surface area contributed by atoms with E-state index in [-0.39, 0.29) is 23.9 Å². The minimum Gasteiger partial charge on any atom is -0.493 e. The van der Waals surface area contributed by atoms with E-state index < -0.39 is 0 Å². The van der Waals surface area contributed by atoms with Crippen LogP contribution in [0.5, 0.6) is 11.5 Å². The zero-order valence-corrected chi connectivity index (χ0v) is 17.3. The molecule has 30 heavy (non-hydrogen) atoms. The molecule has 2 aliphatic heterocycles. The van der Waals surface area contributed by atoms with Gasteiger partial charge in [0.05, 0.1) is 43.9 Å². The Morgan fingerprint density at radius 2 is 2.03 bits per heavy atom. The lowest BCUT2D eigenvalue weighted by Crippen LogP contribution is -2.56. The molecule has 4 rings (SSSR count). The maximum atomic E-state index is 12.7. The summed E-state index contributed by atoms with van der Waals surface area (Å²) in [6.45, 7) is 2.09. The highest BCUT2D eigenvalue weighted by Gasteiger charge is 2.42. The van der Waals surface area contributed by atoms with Gasteiger partial charge in [-0.1, -0.05) is 6.07 Å². The van der Waals surface area contributed by atoms with Crippen molar-refractivity contribution in [2.75, 3.05) is 40.4 Å². The van der Waals surface area contributed by atoms with Gasteiger partial charge >= 0.3 is 0 Å². The molecule has 2 aliphatic rings. The number of hydrogen-bond acceptors (Lipinski definition) is 6. The number of amides is 2. The number of ether oxygens (including phenoxy) is 2. The van der Waals surface area contributed by atoms with Crippen molar-refractivity contribution in [1.29, 1.82) is 0 Å². The molecule has 0 bridgehead atoms. The lowest BCUT2D eigenvalue weighted by molar-refractivity contribution is -0.132. The number of nitrogens with one attached hydrogen (secondary N) is 3. The molecular formula is C21H27N5O4. The van der Waals surface area contributed by atoms with Gasteiger partial charge in [-0.3, -0.25) is 9.59 Å². The highest BCUT2D eigenvalue weighted by atomic mass is 16.5. The Morgan fingerprint density at radius 1 is 1.23 bits per heavy atom. The summed E-state index contributed by atoms with van der Waals surface area (Å²) in [4.78, 5) is 34.8. The topological polar surface area (TPSA) is 109 Å². The summed E-state index contributed by atoms with van der Waals surface area (Å²) in [5.41, 5.74) is 2.44. The van der Waals surface area contributed by atoms with Crippen molar-refractivity contribution in [3.63, 3.8) is 0 Å². The Kier molecular flexibility index (Phi) is 5.63. The standard InChI is InChI=1S/C21H27N5O4/c1-29-16-5-3-4-14(18(16)30-2)20(28)22-12-17(27)26-10-7-21(8-11-26)19-15(6-9-25-21)23-13-24-19/h3-5,13,25H,6-12H2,1-2H3,(H,22,28)(H,23,24). The number of carbonyl (C=O) groups is 2. The van der Waals surface area contributed by atoms with Crippen LogP contribution >= 0.6 is 0 Å². The van der Waals surface area contributed by atoms with Gasteiger partial charge in [0.2, 0.25) is 5.91 Å². The smallest absolute Gasteiger partial charge is 0.255 e. The monoisotopic (exact) mass is 413 g/mol. The van der Waals surface area contributed by atoms with Crippen molar-refractivity contribution >= 4 is 11.8 Å². The van der Waals surface area contributed by atoms with Gasteiger partial charge in [0.15, 0.2) is 11.5 Å². The van der Waals surface area contributed by atoms with E-state index in [9.17, 15) is 9.59 Å². The average Bonchev–Trinajstić information content (AvgIpc) is 3.27. The van der Waals surface area contributed by atoms with Gasteiger partial charge in [-0.05, 0) is 25.0 Å². The number of H-pyrrole nitrogens is 1. The highest BCUT2D eigenvalue weighted by molar-refractivity contribution is 5.99. The van der Waals surface area contributed by atoms with E-state index in [1.165, 1.54) is 19.9 Å². The van der Waals surface area contributed by atoms with Crippen LogP contribution in [0.3, 0.4) is 0 Å². The van der Waals surface area contributed by atoms with Crippen LogP contribution in [0.4, 0.5) is 0 Å². The number of piperidine rings is 1. The summed E-state index contributed by atoms with van der Waals surface area (Å²) in [5.74, 6) is 0.347. The van der Waals surface area contributed by atoms with Crippen molar-refractivity contribution < 1.29 is 19.1 Å². The second-order valence-electron chi connectivity index (χ2n) is 7.59. The molecule has 160 valence electrons. The molecule has 0 saturated carbocycles. The predicted octanol–water partition coefficient (Wildman–Crippen LogP) is 0.820. The SMILES string of the molecule is COc1cccc(C(=O)NCC(=O)N2CCC3(CC2)NCCc2[nH]cnc23)c1OC. The molecule has 9 nitrogen and oxygen atoms in total. The van der Waals surface area contributed by atoms with Gasteiger partial charge in [-0.15, -0.1) is 0 Å². The minimum absolute atomic E-state index is 0.0622. The Bertz CT molecular complexity index is 933. The molecule has 3 heterocycles. The third-order valence-electron chi connectivity index (χ3n) is 6.03. The number of benzene rings is 1. The zero-order chi connectivity index (χ0) is 21.1. The molecule has 0 atom stereocenters. The van der Waals surface area contributed by atoms with Gasteiger partial charge < -0.3 is 30.0 Å². The van der Waals surface area contributed by atoms with Crippen LogP contribution in [-0.4, -0.2) is 67.1 Å². The van der Waals surface area contributed by atoms with Crippen LogP contribution < -0.4 is 20.1 Å². The lowest BCUT2D eigenvalue weighted by atomic mass is 9.80. The largest absolute Gasteiger partial charge is 0.493 e. The number of imidazole rings is 1. The number of hydrogen-bond donors (Lipinski definition) is 3. The number of para-hydroxylation sites is 1. The second-order valence-corrected chi connectivity index (χ2v) is 7.59. The molecule has 0 unspecified atom stereocenters. The number of likely N-dealkylation sites (tertiary alicyclic amines) is 1. The van der Waals surface area contributed by atoms with Crippen LogP contribution in [-0.2, 0) is 16.8 Å². The maximum Gasteiger partial charge on any atom is 0.255 e. The minimum atomic E-state index is -0.373. The summed E-state index contributed by atoms with van der Waals surface area (Å²) in [5, 5.41) is 6.32. The van der Waals surface area contributed by atoms with Crippen molar-refractivity contribution in [3.8, 4) is 11.5 Å². The Hall–Kier alpha value is -3.07. The molecular weight excluding hydrogens is 386 g/mol. The number of fused-ring (bicyclic) bond motifs is 2. The third-order valence-corrected chi connectivity index (χ3v) is 6.03. The van der Waals surface area contributed by atoms with Crippen LogP contribution in [0.15, 0.2) is 24.5 Å². The van der Waals surface area contributed by atoms with Crippen molar-refractivity contribution in [2.24, 2.45) is 0 Å². The molecule has 1 spiro atoms. The first kappa shape index (κ1) is 20.2. The van der Waals surface area contributed by atoms with Crippen LogP contribution in [0.1, 0.15) is 34.6 Å². The van der Waals surface area contributed by atoms with E-state index in [1.54, 1.807) is 29.4 Å². The molecule has 0 aliphatic carbocycles. The van der Waals surface area contributed by atoms with E-state index in [0.29, 0.717) is 30.2 Å². The number of carbonyl (C=O) groups excluding carboxylic acids is 2. The molecule has 1 aromatic heterocycles. The zero-order valence-electron chi connectivity index (χ0n) is 17.3. The van der Waals surface area contributed by atoms with Gasteiger partial charge in [0.25, 0.3) is 5.91 Å². The number of methoxy groups -OCH3 is 2. The Morgan fingerprint density at radius 3 is 2.77 bits per heavy atom. The molecule has 1 aromatic carbocycles. The summed E-state index contributed by atoms with van der Waals surface area (Å²) in [6, 6.07) is 5.07. The van der Waals surface area contributed by atoms with E-state index in [1.807, 2.05) is 0 Å². The summed E-state index contributed by atoms with van der Waals surface area (Å²) < 4.78 is 10.5. The fourth-order valence-corrected chi connectivity index (χ4v) is 4.41. The Balaban J connectivity index is 1.35. The summed E-state index contributed by atoms with van der Waals surface area (Å²) in [6.07, 6.45) is 4.29. The molecule has 3 N–H and O–H groups in total. The molecule has 1 saturated heterocycles. The lowest BCUT2D eigenvalue weighted by Gasteiger charge is -2.44. The predicted molar refractivity (Wildman–Crippen MR) is 110 cm³/mol. The van der Waals surface area contributed by atoms with Crippen molar-refractivity contribution in [3.05, 3.63) is 41.5 Å². The molecule has 0 radical (unpaired) electrons. The van der Waals surface area contributed by atoms with Crippen molar-refractivity contribution in [2.45, 2.75) is 24.8 Å². The Labute approximate surface area is 175 Å². The van der Waals surface area contributed by atoms with Crippen LogP contribution in [0.2, 0.25) is 0 Å². The second kappa shape index (κ2) is 8.35. The van der Waals surface area contributed by atoms with Crippen LogP contribution in [0, 0.1) is 0 Å². The first-order valence-electron chi connectivity index (χ1n) is 10.1. The fraction of sp³-hybridized carbons (Fsp3) is 0.476. The van der Waals surface area contributed by atoms with E-state index in [0.717, 1.165) is 31.5 Å². The molecule has 9 heteroatoms. The van der Waals surface area contributed by atoms with Gasteiger partial charge in [0, 0.05) is 31.7 Å². The average molecular weight is 413 g/mol. The number of aromatic amines is 1. The van der Waals surface area contributed by atoms with E-state index in [2.05, 4.69) is 20.6 Å². The van der Waals surface area contributed by atoms with Gasteiger partial charge in [-0.25, -0.2) is 4.98 Å². The quantitative estimate of drug-likeness (QED) is 0.670. The highest BCUT2D eigenvalue weighted by Crippen LogP contribution is 2.36. The normalized spacial score (nSPS) is 17.3. The first-order valence-corrected chi connectivity index (χ1v) is 10.1.